The first-order valence-corrected chi connectivity index (χ1v) is 6.11. The van der Waals surface area contributed by atoms with Crippen LogP contribution in [0.1, 0.15) is 21.6 Å². The van der Waals surface area contributed by atoms with Crippen molar-refractivity contribution in [3.8, 4) is 0 Å². The van der Waals surface area contributed by atoms with Gasteiger partial charge < -0.3 is 10.4 Å². The first kappa shape index (κ1) is 13.9. The molecule has 2 N–H and O–H groups in total. The fourth-order valence-corrected chi connectivity index (χ4v) is 1.88. The van der Waals surface area contributed by atoms with Crippen molar-refractivity contribution in [2.75, 3.05) is 11.9 Å². The van der Waals surface area contributed by atoms with E-state index in [-0.39, 0.29) is 17.3 Å². The molecule has 0 bridgehead atoms. The number of benzene rings is 1. The third-order valence-corrected chi connectivity index (χ3v) is 2.89. The third kappa shape index (κ3) is 3.28. The van der Waals surface area contributed by atoms with E-state index >= 15 is 0 Å². The number of aromatic nitrogens is 2. The van der Waals surface area contributed by atoms with E-state index in [9.17, 15) is 9.18 Å². The zero-order chi connectivity index (χ0) is 14.5. The topological polar surface area (TPSA) is 75.1 Å². The van der Waals surface area contributed by atoms with Crippen molar-refractivity contribution in [2.45, 2.75) is 13.3 Å². The predicted octanol–water partition coefficient (Wildman–Crippen LogP) is 2.28. The van der Waals surface area contributed by atoms with Crippen LogP contribution in [0.3, 0.4) is 0 Å². The Morgan fingerprint density at radius 2 is 2.10 bits per heavy atom. The molecule has 1 aromatic carbocycles. The first-order chi connectivity index (χ1) is 9.58. The SMILES string of the molecule is Cc1cc(F)ccc1CCNc1nccnc1C(=O)O. The molecule has 0 saturated heterocycles. The highest BCUT2D eigenvalue weighted by Gasteiger charge is 2.11. The van der Waals surface area contributed by atoms with E-state index in [0.717, 1.165) is 11.1 Å². The summed E-state index contributed by atoms with van der Waals surface area (Å²) in [4.78, 5) is 18.7. The second kappa shape index (κ2) is 6.10. The molecule has 0 fully saturated rings. The lowest BCUT2D eigenvalue weighted by molar-refractivity contribution is 0.0691. The molecule has 1 heterocycles. The largest absolute Gasteiger partial charge is 0.476 e. The van der Waals surface area contributed by atoms with Crippen LogP contribution in [0.4, 0.5) is 10.2 Å². The van der Waals surface area contributed by atoms with Gasteiger partial charge in [-0.2, -0.15) is 0 Å². The number of carbonyl (C=O) groups is 1. The van der Waals surface area contributed by atoms with Crippen molar-refractivity contribution < 1.29 is 14.3 Å². The van der Waals surface area contributed by atoms with Gasteiger partial charge in [0.05, 0.1) is 0 Å². The summed E-state index contributed by atoms with van der Waals surface area (Å²) >= 11 is 0. The Hall–Kier alpha value is -2.50. The molecule has 0 atom stereocenters. The molecule has 5 nitrogen and oxygen atoms in total. The Kier molecular flexibility index (Phi) is 4.24. The number of carboxylic acid groups (broad SMARTS) is 1. The first-order valence-electron chi connectivity index (χ1n) is 6.11. The van der Waals surface area contributed by atoms with E-state index in [1.54, 1.807) is 6.07 Å². The number of hydrogen-bond acceptors (Lipinski definition) is 4. The maximum absolute atomic E-state index is 13.0. The lowest BCUT2D eigenvalue weighted by atomic mass is 10.1. The van der Waals surface area contributed by atoms with Crippen LogP contribution >= 0.6 is 0 Å². The summed E-state index contributed by atoms with van der Waals surface area (Å²) < 4.78 is 13.0. The Labute approximate surface area is 115 Å². The molecule has 0 spiro atoms. The molecule has 0 aliphatic rings. The number of nitrogens with one attached hydrogen (secondary N) is 1. The average Bonchev–Trinajstić information content (AvgIpc) is 2.41. The van der Waals surface area contributed by atoms with Gasteiger partial charge in [-0.1, -0.05) is 6.07 Å². The molecule has 0 aliphatic heterocycles. The minimum absolute atomic E-state index is 0.108. The summed E-state index contributed by atoms with van der Waals surface area (Å²) in [6.07, 6.45) is 3.40. The number of hydrogen-bond donors (Lipinski definition) is 2. The Morgan fingerprint density at radius 3 is 2.80 bits per heavy atom. The summed E-state index contributed by atoms with van der Waals surface area (Å²) in [6.45, 7) is 2.33. The Bertz CT molecular complexity index is 632. The van der Waals surface area contributed by atoms with E-state index < -0.39 is 5.97 Å². The summed E-state index contributed by atoms with van der Waals surface area (Å²) in [7, 11) is 0. The Morgan fingerprint density at radius 1 is 1.35 bits per heavy atom. The van der Waals surface area contributed by atoms with E-state index in [1.165, 1.54) is 24.5 Å². The summed E-state index contributed by atoms with van der Waals surface area (Å²) in [5.41, 5.74) is 1.76. The van der Waals surface area contributed by atoms with E-state index in [4.69, 9.17) is 5.11 Å². The number of aromatic carboxylic acids is 1. The molecule has 2 aromatic rings. The summed E-state index contributed by atoms with van der Waals surface area (Å²) in [5, 5.41) is 11.9. The van der Waals surface area contributed by atoms with Crippen molar-refractivity contribution in [2.24, 2.45) is 0 Å². The highest BCUT2D eigenvalue weighted by molar-refractivity contribution is 5.90. The van der Waals surface area contributed by atoms with Crippen molar-refractivity contribution >= 4 is 11.8 Å². The van der Waals surface area contributed by atoms with Crippen LogP contribution in [-0.2, 0) is 6.42 Å². The number of carboxylic acids is 1. The highest BCUT2D eigenvalue weighted by Crippen LogP contribution is 2.12. The minimum Gasteiger partial charge on any atom is -0.476 e. The lowest BCUT2D eigenvalue weighted by Gasteiger charge is -2.09. The van der Waals surface area contributed by atoms with E-state index in [0.29, 0.717) is 13.0 Å². The van der Waals surface area contributed by atoms with Crippen molar-refractivity contribution in [1.29, 1.82) is 0 Å². The van der Waals surface area contributed by atoms with Gasteiger partial charge in [0.1, 0.15) is 5.82 Å². The molecule has 2 rings (SSSR count). The molecule has 0 saturated carbocycles. The highest BCUT2D eigenvalue weighted by atomic mass is 19.1. The number of aryl methyl sites for hydroxylation is 1. The number of anilines is 1. The standard InChI is InChI=1S/C14H14FN3O2/c1-9-8-11(15)3-2-10(9)4-5-17-13-12(14(19)20)16-6-7-18-13/h2-3,6-8H,4-5H2,1H3,(H,17,18)(H,19,20). The molecule has 20 heavy (non-hydrogen) atoms. The predicted molar refractivity (Wildman–Crippen MR) is 72.3 cm³/mol. The monoisotopic (exact) mass is 275 g/mol. The smallest absolute Gasteiger partial charge is 0.358 e. The van der Waals surface area contributed by atoms with Crippen molar-refractivity contribution in [1.82, 2.24) is 9.97 Å². The molecule has 0 aliphatic carbocycles. The maximum atomic E-state index is 13.0. The molecule has 104 valence electrons. The molecule has 0 amide bonds. The van der Waals surface area contributed by atoms with Crippen LogP contribution in [0.15, 0.2) is 30.6 Å². The van der Waals surface area contributed by atoms with Gasteiger partial charge in [0, 0.05) is 18.9 Å². The van der Waals surface area contributed by atoms with Crippen LogP contribution in [0, 0.1) is 12.7 Å². The summed E-state index contributed by atoms with van der Waals surface area (Å²) in [5.74, 6) is -1.15. The Balaban J connectivity index is 2.01. The van der Waals surface area contributed by atoms with Crippen LogP contribution in [0.5, 0.6) is 0 Å². The number of nitrogens with zero attached hydrogens (tertiary/aromatic N) is 2. The molecule has 0 unspecified atom stereocenters. The molecular weight excluding hydrogens is 261 g/mol. The molecule has 0 radical (unpaired) electrons. The fraction of sp³-hybridized carbons (Fsp3) is 0.214. The van der Waals surface area contributed by atoms with Crippen LogP contribution in [-0.4, -0.2) is 27.6 Å². The third-order valence-electron chi connectivity index (χ3n) is 2.89. The number of halogens is 1. The van der Waals surface area contributed by atoms with Crippen molar-refractivity contribution in [3.63, 3.8) is 0 Å². The maximum Gasteiger partial charge on any atom is 0.358 e. The van der Waals surface area contributed by atoms with Gasteiger partial charge in [-0.05, 0) is 36.6 Å². The van der Waals surface area contributed by atoms with Crippen LogP contribution in [0.25, 0.3) is 0 Å². The second-order valence-electron chi connectivity index (χ2n) is 4.31. The fourth-order valence-electron chi connectivity index (χ4n) is 1.88. The van der Waals surface area contributed by atoms with Gasteiger partial charge in [0.15, 0.2) is 11.5 Å². The van der Waals surface area contributed by atoms with Gasteiger partial charge in [-0.15, -0.1) is 0 Å². The van der Waals surface area contributed by atoms with Gasteiger partial charge in [-0.3, -0.25) is 0 Å². The second-order valence-corrected chi connectivity index (χ2v) is 4.31. The average molecular weight is 275 g/mol. The van der Waals surface area contributed by atoms with Crippen molar-refractivity contribution in [3.05, 3.63) is 53.2 Å². The molecular formula is C14H14FN3O2. The van der Waals surface area contributed by atoms with Gasteiger partial charge in [-0.25, -0.2) is 19.2 Å². The molecule has 1 aromatic heterocycles. The quantitative estimate of drug-likeness (QED) is 0.875. The lowest BCUT2D eigenvalue weighted by Crippen LogP contribution is -2.12. The summed E-state index contributed by atoms with van der Waals surface area (Å²) in [6, 6.07) is 4.61. The van der Waals surface area contributed by atoms with E-state index in [2.05, 4.69) is 15.3 Å². The van der Waals surface area contributed by atoms with Crippen LogP contribution < -0.4 is 5.32 Å². The van der Waals surface area contributed by atoms with Crippen LogP contribution in [0.2, 0.25) is 0 Å². The minimum atomic E-state index is -1.13. The van der Waals surface area contributed by atoms with E-state index in [1.807, 2.05) is 6.92 Å². The van der Waals surface area contributed by atoms with Gasteiger partial charge in [0.2, 0.25) is 0 Å². The van der Waals surface area contributed by atoms with Gasteiger partial charge in [0.25, 0.3) is 0 Å². The zero-order valence-corrected chi connectivity index (χ0v) is 10.9. The normalized spacial score (nSPS) is 10.3. The number of rotatable bonds is 5. The zero-order valence-electron chi connectivity index (χ0n) is 10.9. The van der Waals surface area contributed by atoms with Gasteiger partial charge >= 0.3 is 5.97 Å². The molecule has 6 heteroatoms.